The molecule has 196 valence electrons. The molecule has 0 spiro atoms. The lowest BCUT2D eigenvalue weighted by molar-refractivity contribution is -0.757. The van der Waals surface area contributed by atoms with Crippen molar-refractivity contribution in [3.8, 4) is 0 Å². The number of carbonyl (C=O) groups is 1. The van der Waals surface area contributed by atoms with Crippen LogP contribution in [0.2, 0.25) is 0 Å². The molecular weight excluding hydrogens is 452 g/mol. The first-order valence-corrected chi connectivity index (χ1v) is 12.6. The summed E-state index contributed by atoms with van der Waals surface area (Å²) in [5.74, 6) is -0.168. The van der Waals surface area contributed by atoms with Crippen molar-refractivity contribution in [2.75, 3.05) is 13.2 Å². The van der Waals surface area contributed by atoms with Gasteiger partial charge in [0.05, 0.1) is 24.9 Å². The Bertz CT molecular complexity index is 774. The fraction of sp³-hybridized carbons (Fsp3) is 0.654. The molecule has 9 heteroatoms. The molecule has 1 aliphatic carbocycles. The lowest BCUT2D eigenvalue weighted by atomic mass is 9.85. The molecule has 1 aromatic carbocycles. The van der Waals surface area contributed by atoms with Crippen LogP contribution in [0.25, 0.3) is 0 Å². The number of aliphatic hydroxyl groups is 3. The first-order chi connectivity index (χ1) is 16.9. The van der Waals surface area contributed by atoms with Crippen LogP contribution in [0.5, 0.6) is 0 Å². The topological polar surface area (TPSA) is 142 Å². The standard InChI is InChI=1S/C26H40N2O7/c29-21(14-13-20-9-4-3-5-10-20)15-16-23-22(24(30)19-25(23)31)11-6-1-2-7-12-26(32)27-17-8-18-35-28(33)34/h1,3-6,9-10,21-25,29-31H,2,7-8,11-19H2,(H,27,32)/b6-1-/t21?,22-,23-,24+,25-/m0/s1. The van der Waals surface area contributed by atoms with Gasteiger partial charge in [-0.1, -0.05) is 42.5 Å². The summed E-state index contributed by atoms with van der Waals surface area (Å²) in [4.78, 5) is 26.0. The van der Waals surface area contributed by atoms with Gasteiger partial charge in [0.25, 0.3) is 5.09 Å². The summed E-state index contributed by atoms with van der Waals surface area (Å²) in [5, 5.41) is 43.2. The minimum Gasteiger partial charge on any atom is -0.393 e. The zero-order valence-corrected chi connectivity index (χ0v) is 20.3. The monoisotopic (exact) mass is 492 g/mol. The summed E-state index contributed by atoms with van der Waals surface area (Å²) in [6, 6.07) is 10.1. The molecule has 0 aliphatic heterocycles. The van der Waals surface area contributed by atoms with Gasteiger partial charge < -0.3 is 25.5 Å². The average molecular weight is 493 g/mol. The molecule has 35 heavy (non-hydrogen) atoms. The normalized spacial score (nSPS) is 22.8. The highest BCUT2D eigenvalue weighted by molar-refractivity contribution is 5.75. The van der Waals surface area contributed by atoms with Gasteiger partial charge in [-0.2, -0.15) is 0 Å². The Labute approximate surface area is 207 Å². The Morgan fingerprint density at radius 1 is 1.14 bits per heavy atom. The molecule has 1 saturated carbocycles. The van der Waals surface area contributed by atoms with Crippen molar-refractivity contribution in [1.82, 2.24) is 5.32 Å². The predicted molar refractivity (Wildman–Crippen MR) is 132 cm³/mol. The van der Waals surface area contributed by atoms with Crippen LogP contribution in [0.4, 0.5) is 0 Å². The lowest BCUT2D eigenvalue weighted by Crippen LogP contribution is -2.25. The van der Waals surface area contributed by atoms with Crippen molar-refractivity contribution in [2.24, 2.45) is 11.8 Å². The van der Waals surface area contributed by atoms with Crippen LogP contribution in [0.1, 0.15) is 63.4 Å². The zero-order valence-electron chi connectivity index (χ0n) is 20.3. The van der Waals surface area contributed by atoms with E-state index >= 15 is 0 Å². The molecule has 1 aliphatic rings. The maximum Gasteiger partial charge on any atom is 0.294 e. The first-order valence-electron chi connectivity index (χ1n) is 12.6. The number of unbranched alkanes of at least 4 members (excludes halogenated alkanes) is 1. The molecule has 0 bridgehead atoms. The molecule has 5 atom stereocenters. The quantitative estimate of drug-likeness (QED) is 0.113. The fourth-order valence-corrected chi connectivity index (χ4v) is 4.69. The second kappa shape index (κ2) is 16.2. The van der Waals surface area contributed by atoms with E-state index in [9.17, 15) is 30.2 Å². The van der Waals surface area contributed by atoms with Gasteiger partial charge >= 0.3 is 0 Å². The van der Waals surface area contributed by atoms with E-state index in [1.165, 1.54) is 5.56 Å². The molecule has 1 amide bonds. The number of aliphatic hydroxyl groups excluding tert-OH is 3. The molecule has 1 fully saturated rings. The van der Waals surface area contributed by atoms with E-state index in [1.807, 2.05) is 30.4 Å². The zero-order chi connectivity index (χ0) is 25.5. The van der Waals surface area contributed by atoms with Gasteiger partial charge in [0.1, 0.15) is 0 Å². The molecule has 2 rings (SSSR count). The summed E-state index contributed by atoms with van der Waals surface area (Å²) in [5.41, 5.74) is 1.20. The summed E-state index contributed by atoms with van der Waals surface area (Å²) >= 11 is 0. The predicted octanol–water partition coefficient (Wildman–Crippen LogP) is 2.95. The number of hydrogen-bond donors (Lipinski definition) is 4. The van der Waals surface area contributed by atoms with E-state index < -0.39 is 23.4 Å². The number of amides is 1. The number of hydrogen-bond acceptors (Lipinski definition) is 7. The van der Waals surface area contributed by atoms with E-state index in [0.717, 1.165) is 12.8 Å². The van der Waals surface area contributed by atoms with Crippen LogP contribution in [0, 0.1) is 22.0 Å². The van der Waals surface area contributed by atoms with Crippen LogP contribution in [0.15, 0.2) is 42.5 Å². The van der Waals surface area contributed by atoms with Gasteiger partial charge in [-0.15, -0.1) is 10.1 Å². The number of nitrogens with zero attached hydrogens (tertiary/aromatic N) is 1. The Hall–Kier alpha value is -2.49. The highest BCUT2D eigenvalue weighted by Gasteiger charge is 2.40. The van der Waals surface area contributed by atoms with Crippen LogP contribution in [-0.2, 0) is 16.1 Å². The van der Waals surface area contributed by atoms with Crippen molar-refractivity contribution in [3.05, 3.63) is 58.2 Å². The second-order valence-electron chi connectivity index (χ2n) is 9.31. The second-order valence-corrected chi connectivity index (χ2v) is 9.31. The van der Waals surface area contributed by atoms with Crippen LogP contribution < -0.4 is 5.32 Å². The molecule has 4 N–H and O–H groups in total. The molecule has 9 nitrogen and oxygen atoms in total. The number of carbonyl (C=O) groups excluding carboxylic acids is 1. The highest BCUT2D eigenvalue weighted by Crippen LogP contribution is 2.38. The van der Waals surface area contributed by atoms with Crippen molar-refractivity contribution >= 4 is 5.91 Å². The molecule has 0 aromatic heterocycles. The van der Waals surface area contributed by atoms with E-state index in [4.69, 9.17) is 0 Å². The van der Waals surface area contributed by atoms with Crippen LogP contribution in [0.3, 0.4) is 0 Å². The number of nitrogens with one attached hydrogen (secondary N) is 1. The van der Waals surface area contributed by atoms with Gasteiger partial charge in [0.2, 0.25) is 5.91 Å². The van der Waals surface area contributed by atoms with E-state index in [0.29, 0.717) is 57.9 Å². The Morgan fingerprint density at radius 2 is 1.89 bits per heavy atom. The summed E-state index contributed by atoms with van der Waals surface area (Å²) in [6.45, 7) is 0.304. The molecule has 1 unspecified atom stereocenters. The third kappa shape index (κ3) is 11.7. The van der Waals surface area contributed by atoms with Gasteiger partial charge in [0, 0.05) is 13.0 Å². The third-order valence-electron chi connectivity index (χ3n) is 6.65. The third-order valence-corrected chi connectivity index (χ3v) is 6.65. The minimum absolute atomic E-state index is 0.0349. The van der Waals surface area contributed by atoms with Gasteiger partial charge in [-0.05, 0) is 75.2 Å². The minimum atomic E-state index is -0.849. The summed E-state index contributed by atoms with van der Waals surface area (Å²) in [6.07, 6.45) is 8.46. The number of allylic oxidation sites excluding steroid dienone is 2. The number of rotatable bonds is 17. The van der Waals surface area contributed by atoms with Crippen molar-refractivity contribution in [1.29, 1.82) is 0 Å². The Kier molecular flexibility index (Phi) is 13.3. The average Bonchev–Trinajstić information content (AvgIpc) is 3.10. The SMILES string of the molecule is O=C(CCC/C=C\C[C@H]1[C@H](CCC(O)CCc2ccccc2)[C@@H](O)C[C@H]1O)NCCCO[N+](=O)[O-]. The van der Waals surface area contributed by atoms with Gasteiger partial charge in [-0.3, -0.25) is 4.79 Å². The number of aryl methyl sites for hydroxylation is 1. The maximum absolute atomic E-state index is 11.8. The maximum atomic E-state index is 11.8. The van der Waals surface area contributed by atoms with Gasteiger partial charge in [-0.25, -0.2) is 0 Å². The molecular formula is C26H40N2O7. The van der Waals surface area contributed by atoms with Crippen LogP contribution in [-0.4, -0.2) is 57.8 Å². The highest BCUT2D eigenvalue weighted by atomic mass is 16.9. The van der Waals surface area contributed by atoms with E-state index in [-0.39, 0.29) is 24.3 Å². The first kappa shape index (κ1) is 28.7. The Morgan fingerprint density at radius 3 is 2.63 bits per heavy atom. The largest absolute Gasteiger partial charge is 0.393 e. The van der Waals surface area contributed by atoms with Crippen molar-refractivity contribution < 1.29 is 30.0 Å². The molecule has 0 radical (unpaired) electrons. The van der Waals surface area contributed by atoms with Gasteiger partial charge in [0.15, 0.2) is 0 Å². The van der Waals surface area contributed by atoms with E-state index in [1.54, 1.807) is 0 Å². The molecule has 0 saturated heterocycles. The molecule has 1 aromatic rings. The van der Waals surface area contributed by atoms with Crippen LogP contribution >= 0.6 is 0 Å². The van der Waals surface area contributed by atoms with E-state index in [2.05, 4.69) is 22.3 Å². The van der Waals surface area contributed by atoms with Crippen molar-refractivity contribution in [2.45, 2.75) is 82.5 Å². The smallest absolute Gasteiger partial charge is 0.294 e. The fourth-order valence-electron chi connectivity index (χ4n) is 4.69. The summed E-state index contributed by atoms with van der Waals surface area (Å²) < 4.78 is 0. The Balaban J connectivity index is 1.62. The lowest BCUT2D eigenvalue weighted by Gasteiger charge is -2.23. The number of benzene rings is 1. The molecule has 0 heterocycles. The van der Waals surface area contributed by atoms with Crippen molar-refractivity contribution in [3.63, 3.8) is 0 Å². The summed E-state index contributed by atoms with van der Waals surface area (Å²) in [7, 11) is 0.